The number of ether oxygens (including phenoxy) is 1. The van der Waals surface area contributed by atoms with E-state index in [-0.39, 0.29) is 18.0 Å². The monoisotopic (exact) mass is 563 g/mol. The topological polar surface area (TPSA) is 83.0 Å². The number of halogens is 3. The van der Waals surface area contributed by atoms with Gasteiger partial charge in [0.2, 0.25) is 0 Å². The SMILES string of the molecule is COc1cnc2c(c1)c(N1CCc3c(cc(Cn4ccnc4C)cc3-c3cn(C)nc3C(F)(F)F)C1=O)c(C)n2C. The van der Waals surface area contributed by atoms with Gasteiger partial charge >= 0.3 is 6.18 Å². The molecule has 1 aliphatic heterocycles. The van der Waals surface area contributed by atoms with Gasteiger partial charge in [-0.3, -0.25) is 9.48 Å². The van der Waals surface area contributed by atoms with E-state index in [9.17, 15) is 18.0 Å². The van der Waals surface area contributed by atoms with Gasteiger partial charge in [-0.2, -0.15) is 18.3 Å². The lowest BCUT2D eigenvalue weighted by atomic mass is 9.88. The number of aromatic nitrogens is 6. The minimum absolute atomic E-state index is 0.0445. The molecule has 0 aliphatic carbocycles. The first-order valence-corrected chi connectivity index (χ1v) is 13.0. The molecule has 1 aromatic carbocycles. The van der Waals surface area contributed by atoms with Crippen LogP contribution in [0.3, 0.4) is 0 Å². The molecule has 1 amide bonds. The highest BCUT2D eigenvalue weighted by atomic mass is 19.4. The zero-order chi connectivity index (χ0) is 29.2. The van der Waals surface area contributed by atoms with Crippen LogP contribution in [0, 0.1) is 13.8 Å². The molecule has 0 unspecified atom stereocenters. The fourth-order valence-corrected chi connectivity index (χ4v) is 5.71. The quantitative estimate of drug-likeness (QED) is 0.298. The van der Waals surface area contributed by atoms with Crippen LogP contribution in [0.4, 0.5) is 18.9 Å². The van der Waals surface area contributed by atoms with E-state index in [1.807, 2.05) is 36.1 Å². The molecule has 0 N–H and O–H groups in total. The number of alkyl halides is 3. The number of hydrogen-bond donors (Lipinski definition) is 0. The second-order valence-corrected chi connectivity index (χ2v) is 10.3. The van der Waals surface area contributed by atoms with Crippen molar-refractivity contribution in [3.63, 3.8) is 0 Å². The van der Waals surface area contributed by atoms with Crippen LogP contribution in [-0.2, 0) is 33.2 Å². The molecule has 6 rings (SSSR count). The molecular weight excluding hydrogens is 535 g/mol. The van der Waals surface area contributed by atoms with Gasteiger partial charge in [0.25, 0.3) is 5.91 Å². The first-order chi connectivity index (χ1) is 19.5. The lowest BCUT2D eigenvalue weighted by Crippen LogP contribution is -2.38. The van der Waals surface area contributed by atoms with Gasteiger partial charge in [0.05, 0.1) is 19.0 Å². The largest absolute Gasteiger partial charge is 0.495 e. The Bertz CT molecular complexity index is 1830. The Labute approximate surface area is 233 Å². The van der Waals surface area contributed by atoms with Crippen molar-refractivity contribution in [2.24, 2.45) is 14.1 Å². The number of rotatable bonds is 5. The number of methoxy groups -OCH3 is 1. The Kier molecular flexibility index (Phi) is 6.16. The van der Waals surface area contributed by atoms with Crippen molar-refractivity contribution in [3.8, 4) is 16.9 Å². The first kappa shape index (κ1) is 26.6. The third-order valence-corrected chi connectivity index (χ3v) is 7.80. The third kappa shape index (κ3) is 4.34. The van der Waals surface area contributed by atoms with E-state index >= 15 is 0 Å². The lowest BCUT2D eigenvalue weighted by molar-refractivity contribution is -0.140. The standard InChI is InChI=1S/C29H28F3N7O2/c1-16-25(23-12-19(41-5)13-34-27(23)37(16)4)39-8-6-20-21(24-15-36(3)35-26(24)29(30,31)32)10-18(11-22(20)28(39)40)14-38-9-7-33-17(38)2/h7,9-13,15H,6,8,14H2,1-5H3. The average Bonchev–Trinajstić information content (AvgIpc) is 3.60. The molecule has 0 radical (unpaired) electrons. The molecule has 0 fully saturated rings. The zero-order valence-electron chi connectivity index (χ0n) is 23.2. The van der Waals surface area contributed by atoms with Crippen molar-refractivity contribution < 1.29 is 22.7 Å². The molecular formula is C29H28F3N7O2. The predicted molar refractivity (Wildman–Crippen MR) is 147 cm³/mol. The predicted octanol–water partition coefficient (Wildman–Crippen LogP) is 5.07. The second-order valence-electron chi connectivity index (χ2n) is 10.3. The van der Waals surface area contributed by atoms with Gasteiger partial charge in [0, 0.05) is 68.0 Å². The van der Waals surface area contributed by atoms with E-state index in [4.69, 9.17) is 4.74 Å². The van der Waals surface area contributed by atoms with E-state index in [0.717, 1.165) is 21.6 Å². The molecule has 5 heterocycles. The van der Waals surface area contributed by atoms with Crippen molar-refractivity contribution in [2.45, 2.75) is 33.0 Å². The number of amides is 1. The number of carbonyl (C=O) groups excluding carboxylic acids is 1. The van der Waals surface area contributed by atoms with Gasteiger partial charge in [0.1, 0.15) is 17.2 Å². The van der Waals surface area contributed by atoms with Gasteiger partial charge in [0.15, 0.2) is 5.69 Å². The van der Waals surface area contributed by atoms with Crippen LogP contribution in [-0.4, -0.2) is 48.4 Å². The summed E-state index contributed by atoms with van der Waals surface area (Å²) in [5.74, 6) is 1.03. The summed E-state index contributed by atoms with van der Waals surface area (Å²) < 4.78 is 52.6. The lowest BCUT2D eigenvalue weighted by Gasteiger charge is -2.31. The summed E-state index contributed by atoms with van der Waals surface area (Å²) in [4.78, 5) is 24.8. The molecule has 212 valence electrons. The van der Waals surface area contributed by atoms with E-state index < -0.39 is 11.9 Å². The number of pyridine rings is 1. The molecule has 0 saturated carbocycles. The smallest absolute Gasteiger partial charge is 0.435 e. The number of fused-ring (bicyclic) bond motifs is 2. The molecule has 5 aromatic rings. The Morgan fingerprint density at radius 1 is 1.05 bits per heavy atom. The van der Waals surface area contributed by atoms with E-state index in [1.165, 1.54) is 13.2 Å². The summed E-state index contributed by atoms with van der Waals surface area (Å²) in [6, 6.07) is 5.38. The van der Waals surface area contributed by atoms with Crippen molar-refractivity contribution in [3.05, 3.63) is 76.9 Å². The van der Waals surface area contributed by atoms with Gasteiger partial charge in [-0.25, -0.2) is 9.97 Å². The first-order valence-electron chi connectivity index (χ1n) is 13.0. The van der Waals surface area contributed by atoms with Crippen LogP contribution >= 0.6 is 0 Å². The van der Waals surface area contributed by atoms with Gasteiger partial charge in [-0.15, -0.1) is 0 Å². The summed E-state index contributed by atoms with van der Waals surface area (Å²) in [7, 11) is 4.90. The molecule has 0 atom stereocenters. The van der Waals surface area contributed by atoms with Crippen LogP contribution in [0.1, 0.15) is 38.7 Å². The van der Waals surface area contributed by atoms with Crippen molar-refractivity contribution in [1.29, 1.82) is 0 Å². The second kappa shape index (κ2) is 9.50. The number of aryl methyl sites for hydroxylation is 3. The Morgan fingerprint density at radius 3 is 2.49 bits per heavy atom. The summed E-state index contributed by atoms with van der Waals surface area (Å²) in [5.41, 5.74) is 3.22. The Morgan fingerprint density at radius 2 is 1.80 bits per heavy atom. The molecule has 12 heteroatoms. The maximum absolute atomic E-state index is 14.3. The van der Waals surface area contributed by atoms with E-state index in [2.05, 4.69) is 15.1 Å². The van der Waals surface area contributed by atoms with Crippen LogP contribution in [0.5, 0.6) is 5.75 Å². The van der Waals surface area contributed by atoms with E-state index in [0.29, 0.717) is 52.3 Å². The average molecular weight is 564 g/mol. The molecule has 4 aromatic heterocycles. The summed E-state index contributed by atoms with van der Waals surface area (Å²) >= 11 is 0. The molecule has 0 saturated heterocycles. The van der Waals surface area contributed by atoms with Crippen molar-refractivity contribution in [1.82, 2.24) is 28.9 Å². The Hall–Kier alpha value is -4.61. The van der Waals surface area contributed by atoms with Crippen LogP contribution < -0.4 is 9.64 Å². The highest BCUT2D eigenvalue weighted by Gasteiger charge is 2.39. The van der Waals surface area contributed by atoms with Gasteiger partial charge < -0.3 is 18.8 Å². The highest BCUT2D eigenvalue weighted by Crippen LogP contribution is 2.42. The summed E-state index contributed by atoms with van der Waals surface area (Å²) in [6.45, 7) is 4.40. The number of anilines is 1. The van der Waals surface area contributed by atoms with Crippen molar-refractivity contribution >= 4 is 22.6 Å². The normalized spacial score (nSPS) is 13.8. The number of hydrogen-bond acceptors (Lipinski definition) is 5. The minimum Gasteiger partial charge on any atom is -0.495 e. The fourth-order valence-electron chi connectivity index (χ4n) is 5.71. The molecule has 0 bridgehead atoms. The zero-order valence-corrected chi connectivity index (χ0v) is 23.2. The molecule has 9 nitrogen and oxygen atoms in total. The Balaban J connectivity index is 1.54. The van der Waals surface area contributed by atoms with Crippen LogP contribution in [0.2, 0.25) is 0 Å². The number of carbonyl (C=O) groups is 1. The minimum atomic E-state index is -4.66. The van der Waals surface area contributed by atoms with Crippen LogP contribution in [0.25, 0.3) is 22.2 Å². The van der Waals surface area contributed by atoms with Crippen molar-refractivity contribution in [2.75, 3.05) is 18.6 Å². The van der Waals surface area contributed by atoms with Gasteiger partial charge in [-0.1, -0.05) is 0 Å². The maximum Gasteiger partial charge on any atom is 0.435 e. The van der Waals surface area contributed by atoms with Gasteiger partial charge in [-0.05, 0) is 55.2 Å². The maximum atomic E-state index is 14.3. The molecule has 41 heavy (non-hydrogen) atoms. The number of benzene rings is 1. The summed E-state index contributed by atoms with van der Waals surface area (Å²) in [6.07, 6.45) is 2.16. The number of nitrogens with zero attached hydrogens (tertiary/aromatic N) is 7. The highest BCUT2D eigenvalue weighted by molar-refractivity contribution is 6.13. The molecule has 0 spiro atoms. The summed E-state index contributed by atoms with van der Waals surface area (Å²) in [5, 5.41) is 4.49. The molecule has 1 aliphatic rings. The van der Waals surface area contributed by atoms with Crippen LogP contribution in [0.15, 0.2) is 43.0 Å². The van der Waals surface area contributed by atoms with E-state index in [1.54, 1.807) is 42.7 Å². The fraction of sp³-hybridized carbons (Fsp3) is 0.310. The number of imidazole rings is 1. The third-order valence-electron chi connectivity index (χ3n) is 7.80.